The van der Waals surface area contributed by atoms with Crippen molar-refractivity contribution in [1.29, 1.82) is 0 Å². The molecule has 0 unspecified atom stereocenters. The number of methoxy groups -OCH3 is 2. The van der Waals surface area contributed by atoms with E-state index in [1.807, 2.05) is 25.1 Å². The number of ketones is 1. The van der Waals surface area contributed by atoms with Crippen molar-refractivity contribution in [3.8, 4) is 11.5 Å². The topological polar surface area (TPSA) is 73.9 Å². The SMILES string of the molecule is CCCCOC(=O)C1=C(C)NC2=C(C(=O)C[C@@H](c3ccc(OC)c(OC)c3)C2)[C@H]1c1ccccc1F. The highest BCUT2D eigenvalue weighted by molar-refractivity contribution is 6.04. The number of unbranched alkanes of at least 4 members (excludes halogenated alkanes) is 1. The van der Waals surface area contributed by atoms with Gasteiger partial charge in [-0.25, -0.2) is 9.18 Å². The summed E-state index contributed by atoms with van der Waals surface area (Å²) in [4.78, 5) is 26.8. The number of esters is 1. The van der Waals surface area contributed by atoms with Crippen molar-refractivity contribution in [2.45, 2.75) is 51.4 Å². The number of hydrogen-bond acceptors (Lipinski definition) is 6. The smallest absolute Gasteiger partial charge is 0.336 e. The highest BCUT2D eigenvalue weighted by atomic mass is 19.1. The second-order valence-corrected chi connectivity index (χ2v) is 9.14. The third kappa shape index (κ3) is 4.87. The maximum atomic E-state index is 15.1. The zero-order valence-electron chi connectivity index (χ0n) is 21.2. The minimum atomic E-state index is -0.824. The minimum absolute atomic E-state index is 0.101. The molecule has 2 atom stereocenters. The van der Waals surface area contributed by atoms with E-state index in [0.717, 1.165) is 18.4 Å². The Morgan fingerprint density at radius 1 is 1.08 bits per heavy atom. The fourth-order valence-electron chi connectivity index (χ4n) is 5.06. The lowest BCUT2D eigenvalue weighted by Crippen LogP contribution is -2.36. The number of carbonyl (C=O) groups is 2. The summed E-state index contributed by atoms with van der Waals surface area (Å²) in [5, 5.41) is 3.30. The molecule has 4 rings (SSSR count). The molecule has 0 aromatic heterocycles. The zero-order valence-corrected chi connectivity index (χ0v) is 21.2. The summed E-state index contributed by atoms with van der Waals surface area (Å²) in [6.07, 6.45) is 2.39. The van der Waals surface area contributed by atoms with Crippen LogP contribution in [0.25, 0.3) is 0 Å². The maximum absolute atomic E-state index is 15.1. The van der Waals surface area contributed by atoms with E-state index in [1.165, 1.54) is 6.07 Å². The number of halogens is 1. The predicted octanol–water partition coefficient (Wildman–Crippen LogP) is 5.55. The van der Waals surface area contributed by atoms with E-state index in [4.69, 9.17) is 14.2 Å². The Hall–Kier alpha value is -3.61. The van der Waals surface area contributed by atoms with Crippen LogP contribution in [0.15, 0.2) is 65.0 Å². The Labute approximate surface area is 211 Å². The number of Topliss-reactive ketones (excluding diaryl/α,β-unsaturated/α-hetero) is 1. The fraction of sp³-hybridized carbons (Fsp3) is 0.379. The van der Waals surface area contributed by atoms with Gasteiger partial charge in [0.25, 0.3) is 0 Å². The van der Waals surface area contributed by atoms with Gasteiger partial charge in [-0.05, 0) is 49.4 Å². The number of carbonyl (C=O) groups excluding carboxylic acids is 2. The van der Waals surface area contributed by atoms with E-state index in [-0.39, 0.29) is 30.3 Å². The van der Waals surface area contributed by atoms with Gasteiger partial charge in [-0.3, -0.25) is 4.79 Å². The minimum Gasteiger partial charge on any atom is -0.493 e. The second-order valence-electron chi connectivity index (χ2n) is 9.14. The summed E-state index contributed by atoms with van der Waals surface area (Å²) in [7, 11) is 3.15. The number of hydrogen-bond donors (Lipinski definition) is 1. The Kier molecular flexibility index (Phi) is 7.77. The highest BCUT2D eigenvalue weighted by Gasteiger charge is 2.42. The van der Waals surface area contributed by atoms with Gasteiger partial charge in [0, 0.05) is 29.0 Å². The molecule has 0 radical (unpaired) electrons. The summed E-state index contributed by atoms with van der Waals surface area (Å²) in [6.45, 7) is 4.06. The fourth-order valence-corrected chi connectivity index (χ4v) is 5.06. The molecule has 0 spiro atoms. The van der Waals surface area contributed by atoms with Crippen LogP contribution in [0.1, 0.15) is 62.5 Å². The molecule has 1 aliphatic heterocycles. The van der Waals surface area contributed by atoms with Crippen LogP contribution in [-0.2, 0) is 14.3 Å². The largest absolute Gasteiger partial charge is 0.493 e. The molecule has 36 heavy (non-hydrogen) atoms. The van der Waals surface area contributed by atoms with Crippen LogP contribution in [0.3, 0.4) is 0 Å². The summed E-state index contributed by atoms with van der Waals surface area (Å²) >= 11 is 0. The maximum Gasteiger partial charge on any atom is 0.336 e. The summed E-state index contributed by atoms with van der Waals surface area (Å²) < 4.78 is 31.4. The molecule has 190 valence electrons. The van der Waals surface area contributed by atoms with Gasteiger partial charge in [0.15, 0.2) is 17.3 Å². The summed E-state index contributed by atoms with van der Waals surface area (Å²) in [6, 6.07) is 12.0. The first-order valence-electron chi connectivity index (χ1n) is 12.3. The average molecular weight is 494 g/mol. The molecule has 2 aromatic carbocycles. The van der Waals surface area contributed by atoms with Crippen LogP contribution >= 0.6 is 0 Å². The lowest BCUT2D eigenvalue weighted by atomic mass is 9.71. The zero-order chi connectivity index (χ0) is 25.8. The monoisotopic (exact) mass is 493 g/mol. The molecule has 0 saturated heterocycles. The number of allylic oxidation sites excluding steroid dienone is 3. The van der Waals surface area contributed by atoms with E-state index in [1.54, 1.807) is 39.3 Å². The van der Waals surface area contributed by atoms with Gasteiger partial charge in [-0.15, -0.1) is 0 Å². The van der Waals surface area contributed by atoms with Crippen LogP contribution < -0.4 is 14.8 Å². The van der Waals surface area contributed by atoms with E-state index in [0.29, 0.717) is 40.5 Å². The standard InChI is InChI=1S/C29H32FNO5/c1-5-6-13-36-29(33)26-17(2)31-22-14-19(18-11-12-24(34-3)25(16-18)35-4)15-23(32)28(22)27(26)20-9-7-8-10-21(20)30/h7-12,16,19,27,31H,5-6,13-15H2,1-4H3/t19-,27-/m0/s1. The molecule has 1 aliphatic carbocycles. The van der Waals surface area contributed by atoms with Gasteiger partial charge < -0.3 is 19.5 Å². The van der Waals surface area contributed by atoms with Crippen molar-refractivity contribution < 1.29 is 28.2 Å². The normalized spacial score (nSPS) is 19.5. The first-order valence-corrected chi connectivity index (χ1v) is 12.3. The van der Waals surface area contributed by atoms with Gasteiger partial charge in [-0.1, -0.05) is 37.6 Å². The van der Waals surface area contributed by atoms with Crippen LogP contribution in [-0.4, -0.2) is 32.6 Å². The van der Waals surface area contributed by atoms with Gasteiger partial charge in [-0.2, -0.15) is 0 Å². The van der Waals surface area contributed by atoms with Crippen molar-refractivity contribution in [3.63, 3.8) is 0 Å². The van der Waals surface area contributed by atoms with E-state index in [9.17, 15) is 9.59 Å². The average Bonchev–Trinajstić information content (AvgIpc) is 2.87. The van der Waals surface area contributed by atoms with Crippen LogP contribution in [0.5, 0.6) is 11.5 Å². The second kappa shape index (κ2) is 11.0. The van der Waals surface area contributed by atoms with E-state index < -0.39 is 17.7 Å². The van der Waals surface area contributed by atoms with E-state index in [2.05, 4.69) is 5.32 Å². The molecule has 0 saturated carbocycles. The molecule has 0 bridgehead atoms. The summed E-state index contributed by atoms with van der Waals surface area (Å²) in [5.41, 5.74) is 3.25. The van der Waals surface area contributed by atoms with Gasteiger partial charge in [0.2, 0.25) is 0 Å². The van der Waals surface area contributed by atoms with Crippen LogP contribution in [0.2, 0.25) is 0 Å². The van der Waals surface area contributed by atoms with Gasteiger partial charge in [0.1, 0.15) is 5.82 Å². The molecular weight excluding hydrogens is 461 g/mol. The lowest BCUT2D eigenvalue weighted by Gasteiger charge is -2.36. The molecule has 6 nitrogen and oxygen atoms in total. The van der Waals surface area contributed by atoms with Crippen LogP contribution in [0, 0.1) is 5.82 Å². The molecule has 7 heteroatoms. The molecule has 0 amide bonds. The first kappa shape index (κ1) is 25.5. The van der Waals surface area contributed by atoms with Crippen molar-refractivity contribution in [1.82, 2.24) is 5.32 Å². The third-order valence-electron chi connectivity index (χ3n) is 6.87. The highest BCUT2D eigenvalue weighted by Crippen LogP contribution is 2.47. The molecule has 2 aliphatic rings. The van der Waals surface area contributed by atoms with Crippen LogP contribution in [0.4, 0.5) is 4.39 Å². The van der Waals surface area contributed by atoms with Crippen molar-refractivity contribution in [3.05, 3.63) is 81.9 Å². The Bertz CT molecular complexity index is 1230. The molecule has 0 fully saturated rings. The number of benzene rings is 2. The van der Waals surface area contributed by atoms with E-state index >= 15 is 4.39 Å². The van der Waals surface area contributed by atoms with Crippen molar-refractivity contribution >= 4 is 11.8 Å². The van der Waals surface area contributed by atoms with Gasteiger partial charge >= 0.3 is 5.97 Å². The third-order valence-corrected chi connectivity index (χ3v) is 6.87. The molecule has 2 aromatic rings. The quantitative estimate of drug-likeness (QED) is 0.384. The number of dihydropyridines is 1. The number of nitrogens with one attached hydrogen (secondary N) is 1. The lowest BCUT2D eigenvalue weighted by molar-refractivity contribution is -0.139. The molecular formula is C29H32FNO5. The Morgan fingerprint density at radius 2 is 1.83 bits per heavy atom. The number of ether oxygens (including phenoxy) is 3. The number of rotatable bonds is 8. The first-order chi connectivity index (χ1) is 17.4. The predicted molar refractivity (Wildman–Crippen MR) is 134 cm³/mol. The molecule has 1 heterocycles. The summed E-state index contributed by atoms with van der Waals surface area (Å²) in [5.74, 6) is -0.824. The van der Waals surface area contributed by atoms with Crippen molar-refractivity contribution in [2.24, 2.45) is 0 Å². The van der Waals surface area contributed by atoms with Gasteiger partial charge in [0.05, 0.1) is 32.3 Å². The molecule has 1 N–H and O–H groups in total. The Morgan fingerprint density at radius 3 is 2.53 bits per heavy atom. The van der Waals surface area contributed by atoms with Crippen molar-refractivity contribution in [2.75, 3.05) is 20.8 Å². The Balaban J connectivity index is 1.75.